The van der Waals surface area contributed by atoms with Crippen LogP contribution in [0.2, 0.25) is 0 Å². The Morgan fingerprint density at radius 1 is 1.12 bits per heavy atom. The van der Waals surface area contributed by atoms with Crippen molar-refractivity contribution in [3.05, 3.63) is 65.5 Å². The molecule has 166 valence electrons. The van der Waals surface area contributed by atoms with Gasteiger partial charge in [0.05, 0.1) is 5.92 Å². The molecule has 1 aliphatic rings. The van der Waals surface area contributed by atoms with Crippen molar-refractivity contribution in [2.75, 3.05) is 16.8 Å². The van der Waals surface area contributed by atoms with Crippen LogP contribution in [0.15, 0.2) is 52.9 Å². The van der Waals surface area contributed by atoms with Gasteiger partial charge in [0.25, 0.3) is 5.91 Å². The van der Waals surface area contributed by atoms with Crippen LogP contribution in [-0.4, -0.2) is 34.9 Å². The van der Waals surface area contributed by atoms with Gasteiger partial charge in [-0.25, -0.2) is 0 Å². The molecule has 0 unspecified atom stereocenters. The normalized spacial score (nSPS) is 16.3. The van der Waals surface area contributed by atoms with Gasteiger partial charge in [-0.05, 0) is 43.3 Å². The first-order chi connectivity index (χ1) is 15.2. The molecule has 1 aromatic heterocycles. The van der Waals surface area contributed by atoms with Gasteiger partial charge in [0.1, 0.15) is 5.75 Å². The zero-order valence-corrected chi connectivity index (χ0v) is 16.7. The van der Waals surface area contributed by atoms with Gasteiger partial charge in [-0.1, -0.05) is 22.8 Å². The number of ether oxygens (including phenoxy) is 1. The minimum absolute atomic E-state index is 0.0777. The number of hydrogen-bond acceptors (Lipinski definition) is 6. The fourth-order valence-corrected chi connectivity index (χ4v) is 3.27. The molecule has 1 atom stereocenters. The Hall–Kier alpha value is -3.89. The van der Waals surface area contributed by atoms with Crippen molar-refractivity contribution in [1.82, 2.24) is 10.2 Å². The van der Waals surface area contributed by atoms with Gasteiger partial charge in [0, 0.05) is 24.2 Å². The smallest absolute Gasteiger partial charge is 0.407 e. The molecule has 2 heterocycles. The van der Waals surface area contributed by atoms with Gasteiger partial charge in [-0.2, -0.15) is 0 Å². The molecular weight excluding hydrogens is 429 g/mol. The zero-order chi connectivity index (χ0) is 22.9. The molecule has 1 saturated heterocycles. The number of nitrogens with one attached hydrogen (secondary N) is 1. The highest BCUT2D eigenvalue weighted by atomic mass is 19.4. The monoisotopic (exact) mass is 446 g/mol. The second-order valence-corrected chi connectivity index (χ2v) is 7.21. The Kier molecular flexibility index (Phi) is 5.56. The summed E-state index contributed by atoms with van der Waals surface area (Å²) in [4.78, 5) is 26.1. The molecule has 8 nitrogen and oxygen atoms in total. The van der Waals surface area contributed by atoms with E-state index in [4.69, 9.17) is 4.42 Å². The van der Waals surface area contributed by atoms with Crippen LogP contribution in [0.4, 0.5) is 24.9 Å². The second-order valence-electron chi connectivity index (χ2n) is 7.21. The number of halogens is 3. The van der Waals surface area contributed by atoms with Crippen LogP contribution in [0.5, 0.6) is 5.75 Å². The molecule has 1 fully saturated rings. The summed E-state index contributed by atoms with van der Waals surface area (Å²) in [5, 5.41) is 10.2. The fraction of sp³-hybridized carbons (Fsp3) is 0.238. The lowest BCUT2D eigenvalue weighted by Gasteiger charge is -2.17. The average Bonchev–Trinajstić information content (AvgIpc) is 3.34. The highest BCUT2D eigenvalue weighted by Gasteiger charge is 2.35. The molecule has 0 bridgehead atoms. The number of carbonyl (C=O) groups excluding carboxylic acids is 2. The maximum Gasteiger partial charge on any atom is 0.573 e. The quantitative estimate of drug-likeness (QED) is 0.635. The van der Waals surface area contributed by atoms with Crippen molar-refractivity contribution in [2.45, 2.75) is 25.6 Å². The Morgan fingerprint density at radius 2 is 1.81 bits per heavy atom. The summed E-state index contributed by atoms with van der Waals surface area (Å²) in [5.74, 6) is -1.29. The molecule has 11 heteroatoms. The van der Waals surface area contributed by atoms with E-state index in [-0.39, 0.29) is 36.5 Å². The molecule has 2 aromatic carbocycles. The Balaban J connectivity index is 1.40. The predicted molar refractivity (Wildman–Crippen MR) is 106 cm³/mol. The molecule has 0 spiro atoms. The number of aryl methyl sites for hydroxylation is 1. The first kappa shape index (κ1) is 21.3. The third kappa shape index (κ3) is 4.88. The summed E-state index contributed by atoms with van der Waals surface area (Å²) >= 11 is 0. The van der Waals surface area contributed by atoms with Gasteiger partial charge >= 0.3 is 12.4 Å². The largest absolute Gasteiger partial charge is 0.573 e. The summed E-state index contributed by atoms with van der Waals surface area (Å²) in [6.45, 7) is 2.11. The van der Waals surface area contributed by atoms with Crippen molar-refractivity contribution in [2.24, 2.45) is 0 Å². The highest BCUT2D eigenvalue weighted by Crippen LogP contribution is 2.33. The van der Waals surface area contributed by atoms with E-state index in [2.05, 4.69) is 20.3 Å². The standard InChI is InChI=1S/C21H17F3N4O4/c1-12-2-4-13(5-3-12)18(30)25-20-27-26-19(31-20)14-10-17(29)28(11-14)15-6-8-16(9-7-15)32-21(22,23)24/h2-9,14H,10-11H2,1H3,(H,25,27,30)/t14-/m0/s1. The van der Waals surface area contributed by atoms with E-state index in [0.717, 1.165) is 17.7 Å². The molecule has 4 rings (SSSR count). The topological polar surface area (TPSA) is 97.6 Å². The van der Waals surface area contributed by atoms with Gasteiger partial charge in [0.2, 0.25) is 11.8 Å². The summed E-state index contributed by atoms with van der Waals surface area (Å²) in [5.41, 5.74) is 1.86. The fourth-order valence-electron chi connectivity index (χ4n) is 3.27. The number of amides is 2. The van der Waals surface area contributed by atoms with Crippen LogP contribution in [0, 0.1) is 6.92 Å². The van der Waals surface area contributed by atoms with Gasteiger partial charge in [0.15, 0.2) is 0 Å². The van der Waals surface area contributed by atoms with E-state index in [9.17, 15) is 22.8 Å². The van der Waals surface area contributed by atoms with E-state index in [0.29, 0.717) is 11.3 Å². The number of alkyl halides is 3. The van der Waals surface area contributed by atoms with Crippen LogP contribution in [0.25, 0.3) is 0 Å². The zero-order valence-electron chi connectivity index (χ0n) is 16.7. The number of nitrogens with zero attached hydrogens (tertiary/aromatic N) is 3. The molecular formula is C21H17F3N4O4. The Bertz CT molecular complexity index is 1130. The van der Waals surface area contributed by atoms with E-state index in [1.165, 1.54) is 17.0 Å². The van der Waals surface area contributed by atoms with Gasteiger partial charge in [-0.3, -0.25) is 14.9 Å². The molecule has 2 amide bonds. The number of anilines is 2. The predicted octanol–water partition coefficient (Wildman–Crippen LogP) is 4.05. The number of carbonyl (C=O) groups is 2. The van der Waals surface area contributed by atoms with E-state index >= 15 is 0 Å². The van der Waals surface area contributed by atoms with Crippen molar-refractivity contribution in [3.63, 3.8) is 0 Å². The lowest BCUT2D eigenvalue weighted by molar-refractivity contribution is -0.274. The lowest BCUT2D eigenvalue weighted by Crippen LogP contribution is -2.24. The minimum Gasteiger partial charge on any atom is -0.407 e. The Morgan fingerprint density at radius 3 is 2.47 bits per heavy atom. The first-order valence-corrected chi connectivity index (χ1v) is 9.55. The maximum absolute atomic E-state index is 12.4. The summed E-state index contributed by atoms with van der Waals surface area (Å²) in [6.07, 6.45) is -4.71. The molecule has 0 saturated carbocycles. The molecule has 1 N–H and O–H groups in total. The molecule has 3 aromatic rings. The van der Waals surface area contributed by atoms with E-state index in [1.807, 2.05) is 6.92 Å². The van der Waals surface area contributed by atoms with Gasteiger partial charge in [-0.15, -0.1) is 18.3 Å². The summed E-state index contributed by atoms with van der Waals surface area (Å²) < 4.78 is 46.3. The van der Waals surface area contributed by atoms with Crippen LogP contribution >= 0.6 is 0 Å². The second kappa shape index (κ2) is 8.33. The van der Waals surface area contributed by atoms with E-state index < -0.39 is 18.2 Å². The number of aromatic nitrogens is 2. The number of benzene rings is 2. The molecule has 1 aliphatic heterocycles. The summed E-state index contributed by atoms with van der Waals surface area (Å²) in [6, 6.07) is 11.8. The Labute approximate surface area is 180 Å². The highest BCUT2D eigenvalue weighted by molar-refractivity contribution is 6.03. The third-order valence-corrected chi connectivity index (χ3v) is 4.83. The first-order valence-electron chi connectivity index (χ1n) is 9.55. The van der Waals surface area contributed by atoms with Crippen LogP contribution in [0.1, 0.15) is 34.2 Å². The number of rotatable bonds is 5. The molecule has 0 radical (unpaired) electrons. The van der Waals surface area contributed by atoms with Crippen LogP contribution < -0.4 is 15.0 Å². The SMILES string of the molecule is Cc1ccc(C(=O)Nc2nnc([C@H]3CC(=O)N(c4ccc(OC(F)(F)F)cc4)C3)o2)cc1. The molecule has 32 heavy (non-hydrogen) atoms. The average molecular weight is 446 g/mol. The van der Waals surface area contributed by atoms with Crippen molar-refractivity contribution >= 4 is 23.5 Å². The van der Waals surface area contributed by atoms with Crippen molar-refractivity contribution in [1.29, 1.82) is 0 Å². The summed E-state index contributed by atoms with van der Waals surface area (Å²) in [7, 11) is 0. The third-order valence-electron chi connectivity index (χ3n) is 4.83. The lowest BCUT2D eigenvalue weighted by atomic mass is 10.1. The van der Waals surface area contributed by atoms with Gasteiger partial charge < -0.3 is 14.1 Å². The van der Waals surface area contributed by atoms with Crippen molar-refractivity contribution < 1.29 is 31.9 Å². The van der Waals surface area contributed by atoms with Crippen LogP contribution in [-0.2, 0) is 4.79 Å². The maximum atomic E-state index is 12.4. The van der Waals surface area contributed by atoms with E-state index in [1.54, 1.807) is 24.3 Å². The number of hydrogen-bond donors (Lipinski definition) is 1. The minimum atomic E-state index is -4.79. The van der Waals surface area contributed by atoms with Crippen molar-refractivity contribution in [3.8, 4) is 5.75 Å². The molecule has 0 aliphatic carbocycles. The van der Waals surface area contributed by atoms with Crippen LogP contribution in [0.3, 0.4) is 0 Å².